The average Bonchev–Trinajstić information content (AvgIpc) is 4.09. The highest BCUT2D eigenvalue weighted by Gasteiger charge is 2.15. The molecule has 0 saturated heterocycles. The second kappa shape index (κ2) is 10.9. The Morgan fingerprint density at radius 2 is 0.625 bits per heavy atom. The number of hydrogen-bond acceptors (Lipinski definition) is 6. The van der Waals surface area contributed by atoms with E-state index in [4.69, 9.17) is 29.9 Å². The molecule has 9 aromatic rings. The fraction of sp³-hybridized carbons (Fsp3) is 0. The first-order valence-electron chi connectivity index (χ1n) is 18.6. The number of fused-ring (bicyclic) bond motifs is 24. The smallest absolute Gasteiger partial charge is 0.164 e. The molecule has 13 rings (SSSR count). The highest BCUT2D eigenvalue weighted by atomic mass is 15.0. The minimum absolute atomic E-state index is 0.568. The van der Waals surface area contributed by atoms with E-state index in [0.717, 1.165) is 86.9 Å². The Hall–Kier alpha value is -7.84. The van der Waals surface area contributed by atoms with E-state index in [-0.39, 0.29) is 0 Å². The highest BCUT2D eigenvalue weighted by molar-refractivity contribution is 6.13. The molecule has 0 spiro atoms. The second-order valence-electron chi connectivity index (χ2n) is 14.6. The number of rotatable bonds is 0. The van der Waals surface area contributed by atoms with Crippen LogP contribution in [0.1, 0.15) is 0 Å². The number of aromatic nitrogens is 8. The number of H-pyrrole nitrogens is 2. The fourth-order valence-electron chi connectivity index (χ4n) is 8.53. The lowest BCUT2D eigenvalue weighted by molar-refractivity contribution is 1.28. The molecule has 8 nitrogen and oxygen atoms in total. The molecule has 0 amide bonds. The first-order valence-corrected chi connectivity index (χ1v) is 18.6. The van der Waals surface area contributed by atoms with Crippen molar-refractivity contribution in [2.45, 2.75) is 0 Å². The van der Waals surface area contributed by atoms with Crippen LogP contribution in [0.4, 0.5) is 0 Å². The summed E-state index contributed by atoms with van der Waals surface area (Å²) in [6.45, 7) is 0. The van der Waals surface area contributed by atoms with Gasteiger partial charge in [-0.05, 0) is 92.3 Å². The largest absolute Gasteiger partial charge is 0.324 e. The third-order valence-corrected chi connectivity index (χ3v) is 11.4. The molecule has 5 heterocycles. The van der Waals surface area contributed by atoms with E-state index >= 15 is 0 Å². The molecule has 258 valence electrons. The molecule has 8 bridgehead atoms. The van der Waals surface area contributed by atoms with Crippen molar-refractivity contribution in [3.63, 3.8) is 0 Å². The Labute approximate surface area is 316 Å². The van der Waals surface area contributed by atoms with Gasteiger partial charge in [-0.3, -0.25) is 0 Å². The molecule has 2 N–H and O–H groups in total. The average molecular weight is 715 g/mol. The molecule has 0 fully saturated rings. The Bertz CT molecular complexity index is 3840. The van der Waals surface area contributed by atoms with E-state index in [1.165, 1.54) is 0 Å². The van der Waals surface area contributed by atoms with Crippen molar-refractivity contribution in [2.24, 2.45) is 0 Å². The minimum atomic E-state index is 0.568. The maximum absolute atomic E-state index is 5.34. The van der Waals surface area contributed by atoms with Crippen molar-refractivity contribution in [1.82, 2.24) is 39.9 Å². The summed E-state index contributed by atoms with van der Waals surface area (Å²) in [5.41, 5.74) is 9.39. The molecular weight excluding hydrogens is 689 g/mol. The Morgan fingerprint density at radius 1 is 0.250 bits per heavy atom. The van der Waals surface area contributed by atoms with Gasteiger partial charge in [-0.15, -0.1) is 0 Å². The summed E-state index contributed by atoms with van der Waals surface area (Å²) >= 11 is 0. The lowest BCUT2D eigenvalue weighted by atomic mass is 10.2. The van der Waals surface area contributed by atoms with Gasteiger partial charge in [0.05, 0.1) is 0 Å². The van der Waals surface area contributed by atoms with Crippen LogP contribution in [0.15, 0.2) is 146 Å². The predicted molar refractivity (Wildman–Crippen MR) is 228 cm³/mol. The van der Waals surface area contributed by atoms with Crippen LogP contribution in [0.25, 0.3) is 132 Å². The quantitative estimate of drug-likeness (QED) is 0.162. The van der Waals surface area contributed by atoms with Crippen molar-refractivity contribution < 1.29 is 0 Å². The fourth-order valence-corrected chi connectivity index (χ4v) is 8.53. The van der Waals surface area contributed by atoms with Gasteiger partial charge < -0.3 is 9.97 Å². The van der Waals surface area contributed by atoms with E-state index in [2.05, 4.69) is 156 Å². The Kier molecular flexibility index (Phi) is 5.74. The van der Waals surface area contributed by atoms with Crippen LogP contribution in [-0.4, -0.2) is 39.9 Å². The number of aromatic amines is 2. The zero-order valence-corrected chi connectivity index (χ0v) is 29.5. The van der Waals surface area contributed by atoms with Crippen molar-refractivity contribution in [3.05, 3.63) is 146 Å². The van der Waals surface area contributed by atoms with Gasteiger partial charge in [0.2, 0.25) is 0 Å². The summed E-state index contributed by atoms with van der Waals surface area (Å²) in [6.07, 6.45) is 0. The monoisotopic (exact) mass is 714 g/mol. The second-order valence-corrected chi connectivity index (χ2v) is 14.6. The standard InChI is InChI=1S/C48H26N8/c1-5-25-13-17-33-37(21-29(25)9-1)45-50-41(33)49-42-34-18-14-26-6-3-11-31(26)23-39(34)47(51-42)56-48-40-24-32-12-4-8-28(32)16-20-36(40)44(55-48)54-46-38-22-30-10-2-7-27(30)15-19-35(38)43(52-45)53-46/h1-24H,(H2,49,50,51,52,53,54,55,56). The SMILES string of the molecule is c1cc2ccc3c4nc5nc(nc6[nH]c(nc7nc(nc([nH]4)c3cc-2c1)c1ccc2cccc2cc71)c1ccc2cccc-2cc61)c1cc2cccc2ccc51. The molecule has 0 unspecified atom stereocenters. The van der Waals surface area contributed by atoms with Gasteiger partial charge in [0.15, 0.2) is 22.6 Å². The minimum Gasteiger partial charge on any atom is -0.324 e. The van der Waals surface area contributed by atoms with Crippen molar-refractivity contribution in [3.8, 4) is 22.3 Å². The van der Waals surface area contributed by atoms with E-state index in [9.17, 15) is 0 Å². The summed E-state index contributed by atoms with van der Waals surface area (Å²) in [5, 5.41) is 11.8. The van der Waals surface area contributed by atoms with Gasteiger partial charge in [-0.1, -0.05) is 97.1 Å². The van der Waals surface area contributed by atoms with Crippen LogP contribution in [0.2, 0.25) is 0 Å². The first-order chi connectivity index (χ1) is 27.7. The molecule has 5 aromatic heterocycles. The van der Waals surface area contributed by atoms with Crippen LogP contribution < -0.4 is 0 Å². The van der Waals surface area contributed by atoms with E-state index in [1.54, 1.807) is 0 Å². The summed E-state index contributed by atoms with van der Waals surface area (Å²) in [7, 11) is 0. The zero-order chi connectivity index (χ0) is 36.5. The number of nitrogens with one attached hydrogen (secondary N) is 2. The van der Waals surface area contributed by atoms with Crippen molar-refractivity contribution >= 4 is 110 Å². The molecular formula is C48H26N8. The summed E-state index contributed by atoms with van der Waals surface area (Å²) in [6, 6.07) is 51.0. The summed E-state index contributed by atoms with van der Waals surface area (Å²) in [5.74, 6) is 0. The third-order valence-electron chi connectivity index (χ3n) is 11.4. The maximum Gasteiger partial charge on any atom is 0.164 e. The van der Waals surface area contributed by atoms with Gasteiger partial charge in [0.1, 0.15) is 22.6 Å². The van der Waals surface area contributed by atoms with Crippen molar-refractivity contribution in [1.29, 1.82) is 0 Å². The van der Waals surface area contributed by atoms with E-state index < -0.39 is 0 Å². The molecule has 4 aliphatic rings. The van der Waals surface area contributed by atoms with Gasteiger partial charge in [-0.2, -0.15) is 0 Å². The number of hydrogen-bond donors (Lipinski definition) is 2. The van der Waals surface area contributed by atoms with Gasteiger partial charge in [0, 0.05) is 43.1 Å². The van der Waals surface area contributed by atoms with Crippen molar-refractivity contribution in [2.75, 3.05) is 0 Å². The number of nitrogens with zero attached hydrogens (tertiary/aromatic N) is 6. The van der Waals surface area contributed by atoms with Crippen LogP contribution in [0, 0.1) is 0 Å². The molecule has 0 aliphatic heterocycles. The van der Waals surface area contributed by atoms with E-state index in [1.807, 2.05) is 0 Å². The van der Waals surface area contributed by atoms with Gasteiger partial charge >= 0.3 is 0 Å². The molecule has 4 aromatic carbocycles. The molecule has 0 saturated carbocycles. The molecule has 8 heteroatoms. The molecule has 0 atom stereocenters. The van der Waals surface area contributed by atoms with Gasteiger partial charge in [-0.25, -0.2) is 29.9 Å². The molecule has 0 radical (unpaired) electrons. The Balaban J connectivity index is 1.30. The molecule has 4 aliphatic carbocycles. The van der Waals surface area contributed by atoms with Gasteiger partial charge in [0.25, 0.3) is 0 Å². The predicted octanol–water partition coefficient (Wildman–Crippen LogP) is 11.6. The van der Waals surface area contributed by atoms with E-state index in [0.29, 0.717) is 45.2 Å². The molecule has 56 heavy (non-hydrogen) atoms. The first kappa shape index (κ1) is 29.6. The summed E-state index contributed by atoms with van der Waals surface area (Å²) in [4.78, 5) is 38.9. The van der Waals surface area contributed by atoms with Crippen LogP contribution in [0.3, 0.4) is 0 Å². The highest BCUT2D eigenvalue weighted by Crippen LogP contribution is 2.34. The summed E-state index contributed by atoms with van der Waals surface area (Å²) < 4.78 is 0. The van der Waals surface area contributed by atoms with Crippen LogP contribution >= 0.6 is 0 Å². The Morgan fingerprint density at radius 3 is 1.11 bits per heavy atom. The zero-order valence-electron chi connectivity index (χ0n) is 29.5. The lowest BCUT2D eigenvalue weighted by Gasteiger charge is -1.89. The lowest BCUT2D eigenvalue weighted by Crippen LogP contribution is -1.79. The normalized spacial score (nSPS) is 12.3. The topological polar surface area (TPSA) is 109 Å². The third kappa shape index (κ3) is 4.29. The van der Waals surface area contributed by atoms with Crippen LogP contribution in [-0.2, 0) is 0 Å². The van der Waals surface area contributed by atoms with Crippen LogP contribution in [0.5, 0.6) is 0 Å². The maximum atomic E-state index is 5.34.